The number of benzene rings is 1. The molecule has 1 heterocycles. The zero-order valence-corrected chi connectivity index (χ0v) is 12.1. The van der Waals surface area contributed by atoms with E-state index in [-0.39, 0.29) is 6.04 Å². The first-order valence-corrected chi connectivity index (χ1v) is 6.57. The molecular weight excluding hydrogens is 252 g/mol. The summed E-state index contributed by atoms with van der Waals surface area (Å²) in [5.41, 5.74) is 9.03. The molecule has 4 heteroatoms. The molecule has 1 unspecified atom stereocenters. The van der Waals surface area contributed by atoms with Crippen molar-refractivity contribution in [1.82, 2.24) is 4.98 Å². The van der Waals surface area contributed by atoms with Crippen molar-refractivity contribution in [2.24, 2.45) is 5.73 Å². The van der Waals surface area contributed by atoms with Crippen molar-refractivity contribution in [2.45, 2.75) is 26.5 Å². The van der Waals surface area contributed by atoms with Gasteiger partial charge in [0.15, 0.2) is 11.5 Å². The largest absolute Gasteiger partial charge is 0.493 e. The maximum absolute atomic E-state index is 5.86. The van der Waals surface area contributed by atoms with Gasteiger partial charge in [0.1, 0.15) is 6.61 Å². The van der Waals surface area contributed by atoms with Crippen LogP contribution in [0, 0.1) is 6.92 Å². The molecule has 2 aromatic rings. The molecule has 1 atom stereocenters. The highest BCUT2D eigenvalue weighted by molar-refractivity contribution is 5.43. The van der Waals surface area contributed by atoms with Gasteiger partial charge in [0.25, 0.3) is 0 Å². The zero-order chi connectivity index (χ0) is 14.5. The van der Waals surface area contributed by atoms with E-state index in [2.05, 4.69) is 11.1 Å². The molecule has 0 saturated heterocycles. The predicted octanol–water partition coefficient (Wildman–Crippen LogP) is 3.00. The smallest absolute Gasteiger partial charge is 0.161 e. The molecule has 0 bridgehead atoms. The summed E-state index contributed by atoms with van der Waals surface area (Å²) in [4.78, 5) is 4.15. The Morgan fingerprint density at radius 2 is 2.00 bits per heavy atom. The monoisotopic (exact) mass is 272 g/mol. The first-order valence-electron chi connectivity index (χ1n) is 6.57. The Bertz CT molecular complexity index is 582. The molecule has 4 nitrogen and oxygen atoms in total. The minimum Gasteiger partial charge on any atom is -0.493 e. The Hall–Kier alpha value is -2.07. The van der Waals surface area contributed by atoms with Crippen LogP contribution in [0.5, 0.6) is 11.5 Å². The maximum atomic E-state index is 5.86. The van der Waals surface area contributed by atoms with E-state index in [1.807, 2.05) is 38.2 Å². The summed E-state index contributed by atoms with van der Waals surface area (Å²) in [6.07, 6.45) is 3.62. The Morgan fingerprint density at radius 1 is 1.20 bits per heavy atom. The highest BCUT2D eigenvalue weighted by atomic mass is 16.5. The van der Waals surface area contributed by atoms with Gasteiger partial charge in [-0.1, -0.05) is 6.07 Å². The van der Waals surface area contributed by atoms with E-state index in [9.17, 15) is 0 Å². The minimum absolute atomic E-state index is 0.0288. The molecule has 20 heavy (non-hydrogen) atoms. The highest BCUT2D eigenvalue weighted by Crippen LogP contribution is 2.30. The van der Waals surface area contributed by atoms with E-state index in [4.69, 9.17) is 15.2 Å². The second kappa shape index (κ2) is 6.39. The maximum Gasteiger partial charge on any atom is 0.161 e. The molecule has 1 aromatic carbocycles. The van der Waals surface area contributed by atoms with Crippen LogP contribution in [0.3, 0.4) is 0 Å². The number of nitrogens with two attached hydrogens (primary N) is 1. The highest BCUT2D eigenvalue weighted by Gasteiger charge is 2.08. The Kier molecular flexibility index (Phi) is 4.58. The number of rotatable bonds is 5. The molecule has 2 rings (SSSR count). The number of ether oxygens (including phenoxy) is 2. The van der Waals surface area contributed by atoms with Gasteiger partial charge in [0.2, 0.25) is 0 Å². The molecule has 0 aliphatic heterocycles. The van der Waals surface area contributed by atoms with Crippen molar-refractivity contribution in [3.8, 4) is 11.5 Å². The molecule has 0 aliphatic carbocycles. The van der Waals surface area contributed by atoms with Crippen LogP contribution < -0.4 is 15.2 Å². The third kappa shape index (κ3) is 3.48. The van der Waals surface area contributed by atoms with Gasteiger partial charge in [0.05, 0.1) is 7.11 Å². The van der Waals surface area contributed by atoms with Crippen LogP contribution in [0.4, 0.5) is 0 Å². The van der Waals surface area contributed by atoms with E-state index in [0.29, 0.717) is 18.1 Å². The molecule has 2 N–H and O–H groups in total. The fraction of sp³-hybridized carbons (Fsp3) is 0.312. The number of nitrogens with zero attached hydrogens (tertiary/aromatic N) is 1. The molecule has 0 spiro atoms. The third-order valence-electron chi connectivity index (χ3n) is 3.04. The Labute approximate surface area is 119 Å². The van der Waals surface area contributed by atoms with Gasteiger partial charge < -0.3 is 15.2 Å². The van der Waals surface area contributed by atoms with Gasteiger partial charge >= 0.3 is 0 Å². The summed E-state index contributed by atoms with van der Waals surface area (Å²) in [5.74, 6) is 1.40. The molecule has 0 aliphatic rings. The van der Waals surface area contributed by atoms with E-state index >= 15 is 0 Å². The quantitative estimate of drug-likeness (QED) is 0.909. The molecule has 0 saturated carbocycles. The number of hydrogen-bond donors (Lipinski definition) is 1. The van der Waals surface area contributed by atoms with Crippen molar-refractivity contribution in [3.05, 3.63) is 53.3 Å². The fourth-order valence-electron chi connectivity index (χ4n) is 1.94. The fourth-order valence-corrected chi connectivity index (χ4v) is 1.94. The van der Waals surface area contributed by atoms with Crippen molar-refractivity contribution in [2.75, 3.05) is 7.11 Å². The lowest BCUT2D eigenvalue weighted by atomic mass is 10.1. The molecular formula is C16H20N2O2. The van der Waals surface area contributed by atoms with Gasteiger partial charge in [-0.25, -0.2) is 0 Å². The molecule has 0 amide bonds. The molecule has 0 fully saturated rings. The van der Waals surface area contributed by atoms with Gasteiger partial charge in [-0.05, 0) is 43.2 Å². The van der Waals surface area contributed by atoms with E-state index in [0.717, 1.165) is 16.7 Å². The lowest BCUT2D eigenvalue weighted by Gasteiger charge is -2.13. The molecule has 106 valence electrons. The number of methoxy groups -OCH3 is 1. The first-order chi connectivity index (χ1) is 9.60. The Balaban J connectivity index is 2.13. The van der Waals surface area contributed by atoms with Crippen LogP contribution in [-0.2, 0) is 6.61 Å². The molecule has 1 aromatic heterocycles. The van der Waals surface area contributed by atoms with Gasteiger partial charge in [-0.2, -0.15) is 0 Å². The average molecular weight is 272 g/mol. The lowest BCUT2D eigenvalue weighted by Crippen LogP contribution is -2.06. The van der Waals surface area contributed by atoms with Gasteiger partial charge in [0, 0.05) is 24.0 Å². The number of aryl methyl sites for hydroxylation is 1. The summed E-state index contributed by atoms with van der Waals surface area (Å²) < 4.78 is 11.2. The average Bonchev–Trinajstić information content (AvgIpc) is 2.45. The third-order valence-corrected chi connectivity index (χ3v) is 3.04. The minimum atomic E-state index is -0.0288. The second-order valence-corrected chi connectivity index (χ2v) is 4.86. The topological polar surface area (TPSA) is 57.4 Å². The summed E-state index contributed by atoms with van der Waals surface area (Å²) >= 11 is 0. The summed E-state index contributed by atoms with van der Waals surface area (Å²) in [6.45, 7) is 4.41. The van der Waals surface area contributed by atoms with Crippen LogP contribution in [0.1, 0.15) is 29.7 Å². The number of hydrogen-bond acceptors (Lipinski definition) is 4. The van der Waals surface area contributed by atoms with Crippen LogP contribution >= 0.6 is 0 Å². The summed E-state index contributed by atoms with van der Waals surface area (Å²) in [6, 6.07) is 7.78. The van der Waals surface area contributed by atoms with Crippen LogP contribution in [0.25, 0.3) is 0 Å². The van der Waals surface area contributed by atoms with E-state index in [1.54, 1.807) is 13.3 Å². The SMILES string of the molecule is COc1cc(C(C)N)ccc1OCc1cncc(C)c1. The molecule has 0 radical (unpaired) electrons. The van der Waals surface area contributed by atoms with Crippen molar-refractivity contribution < 1.29 is 9.47 Å². The number of pyridine rings is 1. The first kappa shape index (κ1) is 14.3. The lowest BCUT2D eigenvalue weighted by molar-refractivity contribution is 0.284. The van der Waals surface area contributed by atoms with Gasteiger partial charge in [-0.15, -0.1) is 0 Å². The zero-order valence-electron chi connectivity index (χ0n) is 12.1. The normalized spacial score (nSPS) is 12.0. The van der Waals surface area contributed by atoms with Crippen molar-refractivity contribution in [1.29, 1.82) is 0 Å². The summed E-state index contributed by atoms with van der Waals surface area (Å²) in [5, 5.41) is 0. The Morgan fingerprint density at radius 3 is 2.65 bits per heavy atom. The predicted molar refractivity (Wildman–Crippen MR) is 78.9 cm³/mol. The van der Waals surface area contributed by atoms with Crippen molar-refractivity contribution in [3.63, 3.8) is 0 Å². The van der Waals surface area contributed by atoms with E-state index < -0.39 is 0 Å². The van der Waals surface area contributed by atoms with Crippen molar-refractivity contribution >= 4 is 0 Å². The van der Waals surface area contributed by atoms with E-state index in [1.165, 1.54) is 0 Å². The van der Waals surface area contributed by atoms with Crippen LogP contribution in [0.15, 0.2) is 36.7 Å². The van der Waals surface area contributed by atoms with Crippen LogP contribution in [-0.4, -0.2) is 12.1 Å². The standard InChI is InChI=1S/C16H20N2O2/c1-11-6-13(9-18-8-11)10-20-15-5-4-14(12(2)17)7-16(15)19-3/h4-9,12H,10,17H2,1-3H3. The summed E-state index contributed by atoms with van der Waals surface area (Å²) in [7, 11) is 1.63. The van der Waals surface area contributed by atoms with Gasteiger partial charge in [-0.3, -0.25) is 4.98 Å². The second-order valence-electron chi connectivity index (χ2n) is 4.86. The number of aromatic nitrogens is 1. The van der Waals surface area contributed by atoms with Crippen LogP contribution in [0.2, 0.25) is 0 Å².